The Balaban J connectivity index is 2.96. The monoisotopic (exact) mass is 230 g/mol. The molecule has 1 unspecified atom stereocenters. The zero-order chi connectivity index (χ0) is 11.5. The van der Waals surface area contributed by atoms with Gasteiger partial charge in [0, 0.05) is 0 Å². The van der Waals surface area contributed by atoms with Crippen molar-refractivity contribution < 1.29 is 18.6 Å². The van der Waals surface area contributed by atoms with Crippen molar-refractivity contribution in [3.8, 4) is 0 Å². The number of aliphatic hydroxyl groups is 2. The lowest BCUT2D eigenvalue weighted by Gasteiger charge is -2.08. The first kappa shape index (κ1) is 12.2. The lowest BCUT2D eigenvalue weighted by molar-refractivity contribution is 0.112. The standard InChI is InChI=1S/C10H14O4S/c1-8-3-2-4-10(5-8)15(13,14)7-9(12)6-11/h2-5,9,11-12H,6-7H2,1H3. The first-order valence-electron chi connectivity index (χ1n) is 4.54. The number of rotatable bonds is 4. The normalized spacial score (nSPS) is 13.8. The minimum absolute atomic E-state index is 0.176. The smallest absolute Gasteiger partial charge is 0.181 e. The number of aryl methyl sites for hydroxylation is 1. The van der Waals surface area contributed by atoms with Crippen molar-refractivity contribution in [2.24, 2.45) is 0 Å². The number of benzene rings is 1. The van der Waals surface area contributed by atoms with Crippen LogP contribution in [0.4, 0.5) is 0 Å². The molecule has 0 radical (unpaired) electrons. The van der Waals surface area contributed by atoms with Crippen LogP contribution < -0.4 is 0 Å². The topological polar surface area (TPSA) is 74.6 Å². The molecule has 1 aromatic carbocycles. The van der Waals surface area contributed by atoms with Gasteiger partial charge in [0.15, 0.2) is 9.84 Å². The third kappa shape index (κ3) is 3.30. The summed E-state index contributed by atoms with van der Waals surface area (Å²) in [6, 6.07) is 6.46. The molecule has 1 atom stereocenters. The summed E-state index contributed by atoms with van der Waals surface area (Å²) in [7, 11) is -3.50. The SMILES string of the molecule is Cc1cccc(S(=O)(=O)CC(O)CO)c1. The van der Waals surface area contributed by atoms with Gasteiger partial charge in [-0.15, -0.1) is 0 Å². The molecule has 0 spiro atoms. The highest BCUT2D eigenvalue weighted by molar-refractivity contribution is 7.91. The first-order chi connectivity index (χ1) is 6.95. The summed E-state index contributed by atoms with van der Waals surface area (Å²) in [4.78, 5) is 0.176. The Hall–Kier alpha value is -0.910. The van der Waals surface area contributed by atoms with E-state index in [0.717, 1.165) is 5.56 Å². The van der Waals surface area contributed by atoms with Gasteiger partial charge >= 0.3 is 0 Å². The third-order valence-corrected chi connectivity index (χ3v) is 3.77. The van der Waals surface area contributed by atoms with Gasteiger partial charge in [-0.2, -0.15) is 0 Å². The summed E-state index contributed by atoms with van der Waals surface area (Å²) in [5, 5.41) is 17.7. The Bertz CT molecular complexity index is 425. The molecule has 1 rings (SSSR count). The number of hydrogen-bond donors (Lipinski definition) is 2. The lowest BCUT2D eigenvalue weighted by atomic mass is 10.2. The second-order valence-corrected chi connectivity index (χ2v) is 5.47. The van der Waals surface area contributed by atoms with Gasteiger partial charge in [-0.05, 0) is 24.6 Å². The summed E-state index contributed by atoms with van der Waals surface area (Å²) < 4.78 is 23.4. The Labute approximate surface area is 89.1 Å². The quantitative estimate of drug-likeness (QED) is 0.770. The molecule has 15 heavy (non-hydrogen) atoms. The molecule has 0 saturated heterocycles. The van der Waals surface area contributed by atoms with Gasteiger partial charge in [-0.3, -0.25) is 0 Å². The van der Waals surface area contributed by atoms with Crippen LogP contribution in [-0.2, 0) is 9.84 Å². The molecule has 0 saturated carbocycles. The van der Waals surface area contributed by atoms with E-state index in [-0.39, 0.29) is 4.90 Å². The summed E-state index contributed by atoms with van der Waals surface area (Å²) in [5.41, 5.74) is 0.842. The fourth-order valence-corrected chi connectivity index (χ4v) is 2.67. The van der Waals surface area contributed by atoms with Gasteiger partial charge < -0.3 is 10.2 Å². The maximum Gasteiger partial charge on any atom is 0.181 e. The Kier molecular flexibility index (Phi) is 3.84. The van der Waals surface area contributed by atoms with Gasteiger partial charge in [0.25, 0.3) is 0 Å². The molecule has 0 fully saturated rings. The minimum Gasteiger partial charge on any atom is -0.394 e. The van der Waals surface area contributed by atoms with Gasteiger partial charge in [-0.1, -0.05) is 12.1 Å². The Morgan fingerprint density at radius 2 is 2.07 bits per heavy atom. The molecule has 84 valence electrons. The largest absolute Gasteiger partial charge is 0.394 e. The van der Waals surface area contributed by atoms with Crippen molar-refractivity contribution >= 4 is 9.84 Å². The first-order valence-corrected chi connectivity index (χ1v) is 6.19. The van der Waals surface area contributed by atoms with Crippen molar-refractivity contribution in [3.63, 3.8) is 0 Å². The van der Waals surface area contributed by atoms with E-state index in [4.69, 9.17) is 10.2 Å². The van der Waals surface area contributed by atoms with Crippen molar-refractivity contribution in [1.29, 1.82) is 0 Å². The van der Waals surface area contributed by atoms with Crippen LogP contribution in [0.5, 0.6) is 0 Å². The number of hydrogen-bond acceptors (Lipinski definition) is 4. The van der Waals surface area contributed by atoms with E-state index in [1.165, 1.54) is 6.07 Å². The molecule has 5 heteroatoms. The summed E-state index contributed by atoms with van der Waals surface area (Å²) in [6.45, 7) is 1.24. The van der Waals surface area contributed by atoms with Crippen molar-refractivity contribution in [2.45, 2.75) is 17.9 Å². The molecule has 1 aromatic rings. The average Bonchev–Trinajstić information content (AvgIpc) is 2.17. The van der Waals surface area contributed by atoms with Crippen LogP contribution in [0.3, 0.4) is 0 Å². The van der Waals surface area contributed by atoms with Crippen molar-refractivity contribution in [2.75, 3.05) is 12.4 Å². The second-order valence-electron chi connectivity index (χ2n) is 3.43. The molecule has 2 N–H and O–H groups in total. The van der Waals surface area contributed by atoms with E-state index in [0.29, 0.717) is 0 Å². The highest BCUT2D eigenvalue weighted by Crippen LogP contribution is 2.13. The van der Waals surface area contributed by atoms with E-state index in [1.54, 1.807) is 25.1 Å². The van der Waals surface area contributed by atoms with E-state index in [2.05, 4.69) is 0 Å². The zero-order valence-corrected chi connectivity index (χ0v) is 9.24. The van der Waals surface area contributed by atoms with Crippen molar-refractivity contribution in [1.82, 2.24) is 0 Å². The van der Waals surface area contributed by atoms with Crippen LogP contribution in [0.25, 0.3) is 0 Å². The molecule has 4 nitrogen and oxygen atoms in total. The number of sulfone groups is 1. The van der Waals surface area contributed by atoms with E-state index < -0.39 is 28.3 Å². The predicted octanol–water partition coefficient (Wildman–Crippen LogP) is 0.122. The van der Waals surface area contributed by atoms with Crippen LogP contribution >= 0.6 is 0 Å². The zero-order valence-electron chi connectivity index (χ0n) is 8.42. The average molecular weight is 230 g/mol. The Morgan fingerprint density at radius 1 is 1.40 bits per heavy atom. The molecule has 0 bridgehead atoms. The summed E-state index contributed by atoms with van der Waals surface area (Å²) in [6.07, 6.45) is -1.23. The van der Waals surface area contributed by atoms with Crippen LogP contribution in [0.15, 0.2) is 29.2 Å². The summed E-state index contributed by atoms with van der Waals surface area (Å²) in [5.74, 6) is -0.451. The maximum atomic E-state index is 11.7. The van der Waals surface area contributed by atoms with E-state index in [9.17, 15) is 8.42 Å². The van der Waals surface area contributed by atoms with Crippen LogP contribution in [0.2, 0.25) is 0 Å². The van der Waals surface area contributed by atoms with E-state index in [1.807, 2.05) is 0 Å². The molecule has 0 amide bonds. The van der Waals surface area contributed by atoms with Crippen LogP contribution in [-0.4, -0.2) is 37.1 Å². The van der Waals surface area contributed by atoms with Gasteiger partial charge in [0.05, 0.1) is 23.4 Å². The maximum absolute atomic E-state index is 11.7. The van der Waals surface area contributed by atoms with Crippen molar-refractivity contribution in [3.05, 3.63) is 29.8 Å². The molecule has 0 aliphatic heterocycles. The second kappa shape index (κ2) is 4.74. The molecule has 0 heterocycles. The van der Waals surface area contributed by atoms with Gasteiger partial charge in [-0.25, -0.2) is 8.42 Å². The summed E-state index contributed by atoms with van der Waals surface area (Å²) >= 11 is 0. The molecular formula is C10H14O4S. The molecular weight excluding hydrogens is 216 g/mol. The van der Waals surface area contributed by atoms with Gasteiger partial charge in [0.2, 0.25) is 0 Å². The van der Waals surface area contributed by atoms with Gasteiger partial charge in [0.1, 0.15) is 0 Å². The lowest BCUT2D eigenvalue weighted by Crippen LogP contribution is -2.24. The fraction of sp³-hybridized carbons (Fsp3) is 0.400. The highest BCUT2D eigenvalue weighted by atomic mass is 32.2. The molecule has 0 aliphatic carbocycles. The minimum atomic E-state index is -3.50. The third-order valence-electron chi connectivity index (χ3n) is 1.97. The molecule has 0 aromatic heterocycles. The Morgan fingerprint density at radius 3 is 2.60 bits per heavy atom. The highest BCUT2D eigenvalue weighted by Gasteiger charge is 2.18. The van der Waals surface area contributed by atoms with E-state index >= 15 is 0 Å². The number of aliphatic hydroxyl groups excluding tert-OH is 2. The van der Waals surface area contributed by atoms with Crippen LogP contribution in [0, 0.1) is 6.92 Å². The fourth-order valence-electron chi connectivity index (χ4n) is 1.21. The predicted molar refractivity (Wildman–Crippen MR) is 56.3 cm³/mol. The molecule has 0 aliphatic rings. The van der Waals surface area contributed by atoms with Crippen LogP contribution in [0.1, 0.15) is 5.56 Å².